The number of hydrogen-bond acceptors (Lipinski definition) is 4. The average molecular weight is 427 g/mol. The zero-order valence-corrected chi connectivity index (χ0v) is 17.1. The number of hydrogen-bond donors (Lipinski definition) is 2. The first-order chi connectivity index (χ1) is 15.0. The maximum Gasteiger partial charge on any atom is 0.261 e. The number of nitrogens with zero attached hydrogens (tertiary/aromatic N) is 3. The molecule has 162 valence electrons. The Labute approximate surface area is 178 Å². The molecular formula is C22H23F2N5O2. The Kier molecular flexibility index (Phi) is 5.83. The molecule has 4 rings (SSSR count). The Hall–Kier alpha value is -3.49. The molecule has 2 N–H and O–H groups in total. The first-order valence-corrected chi connectivity index (χ1v) is 10.1. The van der Waals surface area contributed by atoms with Crippen molar-refractivity contribution >= 4 is 23.5 Å². The van der Waals surface area contributed by atoms with Crippen LogP contribution in [0.3, 0.4) is 0 Å². The molecule has 0 spiro atoms. The molecule has 2 amide bonds. The van der Waals surface area contributed by atoms with E-state index in [0.29, 0.717) is 43.1 Å². The number of imide groups is 1. The van der Waals surface area contributed by atoms with Crippen LogP contribution in [0.2, 0.25) is 0 Å². The van der Waals surface area contributed by atoms with E-state index in [1.54, 1.807) is 36.2 Å². The number of halogens is 2. The molecule has 2 aromatic rings. The molecule has 2 aliphatic rings. The first-order valence-electron chi connectivity index (χ1n) is 10.1. The fourth-order valence-corrected chi connectivity index (χ4v) is 3.99. The number of carbonyl (C=O) groups excluding carboxylic acids is 2. The van der Waals surface area contributed by atoms with E-state index in [2.05, 4.69) is 15.6 Å². The topological polar surface area (TPSA) is 77.0 Å². The van der Waals surface area contributed by atoms with E-state index in [0.717, 1.165) is 0 Å². The van der Waals surface area contributed by atoms with Gasteiger partial charge in [-0.2, -0.15) is 0 Å². The van der Waals surface area contributed by atoms with Gasteiger partial charge in [0, 0.05) is 39.3 Å². The molecule has 9 heteroatoms. The van der Waals surface area contributed by atoms with E-state index in [4.69, 9.17) is 0 Å². The highest BCUT2D eigenvalue weighted by Crippen LogP contribution is 2.26. The van der Waals surface area contributed by atoms with Crippen molar-refractivity contribution in [3.8, 4) is 0 Å². The predicted octanol–water partition coefficient (Wildman–Crippen LogP) is 2.00. The first kappa shape index (κ1) is 20.8. The minimum Gasteiger partial charge on any atom is -0.365 e. The lowest BCUT2D eigenvalue weighted by molar-refractivity contribution is 0.0657. The maximum atomic E-state index is 14.0. The molecule has 31 heavy (non-hydrogen) atoms. The minimum absolute atomic E-state index is 0.0135. The third-order valence-electron chi connectivity index (χ3n) is 5.51. The SMILES string of the molecule is CN=C(NCCN1C(=O)c2ccccc2C1=O)NC1CCN(c2c(F)cccc2F)C1. The highest BCUT2D eigenvalue weighted by molar-refractivity contribution is 6.21. The number of guanidine groups is 1. The van der Waals surface area contributed by atoms with Crippen LogP contribution in [0.4, 0.5) is 14.5 Å². The van der Waals surface area contributed by atoms with Crippen molar-refractivity contribution in [1.29, 1.82) is 0 Å². The second-order valence-corrected chi connectivity index (χ2v) is 7.45. The van der Waals surface area contributed by atoms with Gasteiger partial charge < -0.3 is 15.5 Å². The summed E-state index contributed by atoms with van der Waals surface area (Å²) in [4.78, 5) is 31.9. The van der Waals surface area contributed by atoms with Gasteiger partial charge in [-0.05, 0) is 30.7 Å². The van der Waals surface area contributed by atoms with Crippen molar-refractivity contribution in [1.82, 2.24) is 15.5 Å². The lowest BCUT2D eigenvalue weighted by Crippen LogP contribution is -2.47. The van der Waals surface area contributed by atoms with Gasteiger partial charge in [0.1, 0.15) is 17.3 Å². The number of amides is 2. The third kappa shape index (κ3) is 4.08. The molecule has 0 saturated carbocycles. The van der Waals surface area contributed by atoms with Crippen LogP contribution in [-0.2, 0) is 0 Å². The van der Waals surface area contributed by atoms with Crippen LogP contribution in [0.25, 0.3) is 0 Å². The maximum absolute atomic E-state index is 14.0. The second kappa shape index (κ2) is 8.71. The van der Waals surface area contributed by atoms with Crippen molar-refractivity contribution in [2.24, 2.45) is 4.99 Å². The zero-order chi connectivity index (χ0) is 22.0. The van der Waals surface area contributed by atoms with Gasteiger partial charge in [0.05, 0.1) is 11.1 Å². The van der Waals surface area contributed by atoms with Gasteiger partial charge in [0.15, 0.2) is 5.96 Å². The zero-order valence-electron chi connectivity index (χ0n) is 17.1. The fraction of sp³-hybridized carbons (Fsp3) is 0.318. The number of aliphatic imine (C=N–C) groups is 1. The lowest BCUT2D eigenvalue weighted by Gasteiger charge is -2.21. The van der Waals surface area contributed by atoms with E-state index in [1.165, 1.54) is 23.1 Å². The van der Waals surface area contributed by atoms with E-state index in [9.17, 15) is 18.4 Å². The third-order valence-corrected chi connectivity index (χ3v) is 5.51. The molecule has 1 fully saturated rings. The van der Waals surface area contributed by atoms with Crippen molar-refractivity contribution in [2.75, 3.05) is 38.1 Å². The average Bonchev–Trinajstić information content (AvgIpc) is 3.31. The molecule has 0 radical (unpaired) electrons. The number of para-hydroxylation sites is 1. The largest absolute Gasteiger partial charge is 0.365 e. The summed E-state index contributed by atoms with van der Waals surface area (Å²) in [6, 6.07) is 10.6. The Morgan fingerprint density at radius 3 is 2.32 bits per heavy atom. The van der Waals surface area contributed by atoms with Gasteiger partial charge in [0.2, 0.25) is 0 Å². The summed E-state index contributed by atoms with van der Waals surface area (Å²) in [6.07, 6.45) is 0.687. The standard InChI is InChI=1S/C22H23F2N5O2/c1-25-22(26-10-12-29-20(30)15-5-2-3-6-16(15)21(29)31)27-14-9-11-28(13-14)19-17(23)7-4-8-18(19)24/h2-8,14H,9-13H2,1H3,(H2,25,26,27). The predicted molar refractivity (Wildman–Crippen MR) is 113 cm³/mol. The molecule has 0 aromatic heterocycles. The summed E-state index contributed by atoms with van der Waals surface area (Å²) in [6.45, 7) is 1.46. The molecule has 0 bridgehead atoms. The quantitative estimate of drug-likeness (QED) is 0.434. The molecule has 0 aliphatic carbocycles. The van der Waals surface area contributed by atoms with Crippen molar-refractivity contribution in [3.63, 3.8) is 0 Å². The van der Waals surface area contributed by atoms with E-state index in [1.807, 2.05) is 0 Å². The van der Waals surface area contributed by atoms with Crippen molar-refractivity contribution < 1.29 is 18.4 Å². The molecular weight excluding hydrogens is 404 g/mol. The summed E-state index contributed by atoms with van der Waals surface area (Å²) in [7, 11) is 1.61. The summed E-state index contributed by atoms with van der Waals surface area (Å²) in [5, 5.41) is 6.33. The molecule has 2 heterocycles. The van der Waals surface area contributed by atoms with Crippen molar-refractivity contribution in [3.05, 3.63) is 65.2 Å². The number of carbonyl (C=O) groups is 2. The number of fused-ring (bicyclic) bond motifs is 1. The molecule has 1 saturated heterocycles. The Bertz CT molecular complexity index is 987. The number of rotatable bonds is 5. The van der Waals surface area contributed by atoms with Gasteiger partial charge in [-0.25, -0.2) is 8.78 Å². The van der Waals surface area contributed by atoms with Gasteiger partial charge in [-0.15, -0.1) is 0 Å². The van der Waals surface area contributed by atoms with Gasteiger partial charge in [-0.3, -0.25) is 19.5 Å². The lowest BCUT2D eigenvalue weighted by atomic mass is 10.1. The van der Waals surface area contributed by atoms with Crippen LogP contribution in [-0.4, -0.2) is 61.9 Å². The van der Waals surface area contributed by atoms with Crippen molar-refractivity contribution in [2.45, 2.75) is 12.5 Å². The fourth-order valence-electron chi connectivity index (χ4n) is 3.99. The summed E-state index contributed by atoms with van der Waals surface area (Å²) >= 11 is 0. The Morgan fingerprint density at radius 1 is 1.06 bits per heavy atom. The molecule has 2 aliphatic heterocycles. The van der Waals surface area contributed by atoms with E-state index >= 15 is 0 Å². The number of nitrogens with one attached hydrogen (secondary N) is 2. The summed E-state index contributed by atoms with van der Waals surface area (Å²) in [5.41, 5.74) is 0.822. The van der Waals surface area contributed by atoms with E-state index in [-0.39, 0.29) is 30.1 Å². The van der Waals surface area contributed by atoms with Crippen LogP contribution >= 0.6 is 0 Å². The van der Waals surface area contributed by atoms with Crippen LogP contribution < -0.4 is 15.5 Å². The number of anilines is 1. The molecule has 2 aromatic carbocycles. The van der Waals surface area contributed by atoms with Crippen LogP contribution in [0, 0.1) is 11.6 Å². The molecule has 1 unspecified atom stereocenters. The Morgan fingerprint density at radius 2 is 1.71 bits per heavy atom. The van der Waals surface area contributed by atoms with Crippen LogP contribution in [0.1, 0.15) is 27.1 Å². The second-order valence-electron chi connectivity index (χ2n) is 7.45. The normalized spacial score (nSPS) is 18.5. The van der Waals surface area contributed by atoms with E-state index < -0.39 is 11.6 Å². The molecule has 7 nitrogen and oxygen atoms in total. The van der Waals surface area contributed by atoms with Crippen LogP contribution in [0.5, 0.6) is 0 Å². The summed E-state index contributed by atoms with van der Waals surface area (Å²) < 4.78 is 28.1. The summed E-state index contributed by atoms with van der Waals surface area (Å²) in [5.74, 6) is -1.27. The number of benzene rings is 2. The van der Waals surface area contributed by atoms with Gasteiger partial charge in [-0.1, -0.05) is 18.2 Å². The Balaban J connectivity index is 1.29. The minimum atomic E-state index is -0.580. The molecule has 1 atom stereocenters. The highest BCUT2D eigenvalue weighted by Gasteiger charge is 2.34. The smallest absolute Gasteiger partial charge is 0.261 e. The van der Waals surface area contributed by atoms with Gasteiger partial charge >= 0.3 is 0 Å². The monoisotopic (exact) mass is 427 g/mol. The van der Waals surface area contributed by atoms with Crippen LogP contribution in [0.15, 0.2) is 47.5 Å². The van der Waals surface area contributed by atoms with Gasteiger partial charge in [0.25, 0.3) is 11.8 Å². The highest BCUT2D eigenvalue weighted by atomic mass is 19.1.